The molecule has 0 bridgehead atoms. The van der Waals surface area contributed by atoms with E-state index in [0.29, 0.717) is 0 Å². The van der Waals surface area contributed by atoms with Gasteiger partial charge in [-0.2, -0.15) is 0 Å². The summed E-state index contributed by atoms with van der Waals surface area (Å²) in [5.74, 6) is 0.748. The van der Waals surface area contributed by atoms with Gasteiger partial charge in [-0.05, 0) is 50.7 Å². The lowest BCUT2D eigenvalue weighted by Crippen LogP contribution is -2.30. The van der Waals surface area contributed by atoms with E-state index in [1.807, 2.05) is 0 Å². The van der Waals surface area contributed by atoms with Crippen LogP contribution in [-0.2, 0) is 11.2 Å². The third kappa shape index (κ3) is 4.22. The van der Waals surface area contributed by atoms with Gasteiger partial charge in [-0.15, -0.1) is 0 Å². The maximum Gasteiger partial charge on any atom is 0.0469 e. The molecular formula is C17H28N2O. The smallest absolute Gasteiger partial charge is 0.0469 e. The van der Waals surface area contributed by atoms with Crippen molar-refractivity contribution in [3.63, 3.8) is 0 Å². The van der Waals surface area contributed by atoms with Crippen molar-refractivity contribution in [2.75, 3.05) is 31.7 Å². The molecule has 0 spiro atoms. The highest BCUT2D eigenvalue weighted by Crippen LogP contribution is 2.25. The molecule has 3 nitrogen and oxygen atoms in total. The van der Waals surface area contributed by atoms with Crippen LogP contribution >= 0.6 is 0 Å². The number of rotatable bonds is 5. The van der Waals surface area contributed by atoms with Crippen molar-refractivity contribution in [3.05, 3.63) is 29.3 Å². The van der Waals surface area contributed by atoms with Crippen LogP contribution in [0.5, 0.6) is 0 Å². The third-order valence-corrected chi connectivity index (χ3v) is 4.06. The predicted octanol–water partition coefficient (Wildman–Crippen LogP) is 2.75. The Hall–Kier alpha value is -1.06. The molecule has 1 fully saturated rings. The van der Waals surface area contributed by atoms with Crippen LogP contribution in [0.25, 0.3) is 0 Å². The highest BCUT2D eigenvalue weighted by Gasteiger charge is 2.17. The Morgan fingerprint density at radius 3 is 2.70 bits per heavy atom. The molecule has 2 N–H and O–H groups in total. The second-order valence-electron chi connectivity index (χ2n) is 6.25. The lowest BCUT2D eigenvalue weighted by Gasteiger charge is -2.30. The SMILES string of the molecule is Cc1ccc(N(C)CC2CCOCC2)c(CC(C)N)c1. The van der Waals surface area contributed by atoms with Crippen molar-refractivity contribution >= 4 is 5.69 Å². The highest BCUT2D eigenvalue weighted by molar-refractivity contribution is 5.54. The maximum atomic E-state index is 5.99. The summed E-state index contributed by atoms with van der Waals surface area (Å²) >= 11 is 0. The largest absolute Gasteiger partial charge is 0.381 e. The van der Waals surface area contributed by atoms with E-state index in [-0.39, 0.29) is 6.04 Å². The predicted molar refractivity (Wildman–Crippen MR) is 85.3 cm³/mol. The van der Waals surface area contributed by atoms with Crippen molar-refractivity contribution in [2.24, 2.45) is 11.7 Å². The Bertz CT molecular complexity index is 425. The first kappa shape index (κ1) is 15.3. The molecule has 0 radical (unpaired) electrons. The first-order valence-electron chi connectivity index (χ1n) is 7.70. The minimum Gasteiger partial charge on any atom is -0.381 e. The molecule has 0 aromatic heterocycles. The first-order chi connectivity index (χ1) is 9.56. The molecule has 20 heavy (non-hydrogen) atoms. The van der Waals surface area contributed by atoms with E-state index in [0.717, 1.165) is 32.1 Å². The molecule has 1 unspecified atom stereocenters. The molecule has 0 aliphatic carbocycles. The third-order valence-electron chi connectivity index (χ3n) is 4.06. The van der Waals surface area contributed by atoms with E-state index < -0.39 is 0 Å². The van der Waals surface area contributed by atoms with Gasteiger partial charge >= 0.3 is 0 Å². The summed E-state index contributed by atoms with van der Waals surface area (Å²) in [7, 11) is 2.20. The fourth-order valence-electron chi connectivity index (χ4n) is 3.01. The van der Waals surface area contributed by atoms with E-state index in [9.17, 15) is 0 Å². The molecule has 1 heterocycles. The van der Waals surface area contributed by atoms with Crippen molar-refractivity contribution in [2.45, 2.75) is 39.2 Å². The Morgan fingerprint density at radius 2 is 2.05 bits per heavy atom. The average molecular weight is 276 g/mol. The van der Waals surface area contributed by atoms with E-state index >= 15 is 0 Å². The van der Waals surface area contributed by atoms with Crippen LogP contribution in [0.3, 0.4) is 0 Å². The fourth-order valence-corrected chi connectivity index (χ4v) is 3.01. The Morgan fingerprint density at radius 1 is 1.35 bits per heavy atom. The molecule has 0 amide bonds. The number of nitrogens with two attached hydrogens (primary N) is 1. The zero-order valence-corrected chi connectivity index (χ0v) is 13.1. The topological polar surface area (TPSA) is 38.5 Å². The van der Waals surface area contributed by atoms with Gasteiger partial charge in [-0.1, -0.05) is 17.7 Å². The van der Waals surface area contributed by atoms with Crippen molar-refractivity contribution < 1.29 is 4.74 Å². The molecule has 1 aromatic carbocycles. The minimum atomic E-state index is 0.201. The van der Waals surface area contributed by atoms with Gasteiger partial charge in [-0.3, -0.25) is 0 Å². The highest BCUT2D eigenvalue weighted by atomic mass is 16.5. The maximum absolute atomic E-state index is 5.99. The van der Waals surface area contributed by atoms with Crippen LogP contribution in [0, 0.1) is 12.8 Å². The first-order valence-corrected chi connectivity index (χ1v) is 7.70. The lowest BCUT2D eigenvalue weighted by molar-refractivity contribution is 0.0685. The Kier molecular flexibility index (Phi) is 5.44. The standard InChI is InChI=1S/C17H28N2O/c1-13-4-5-17(16(10-13)11-14(2)18)19(3)12-15-6-8-20-9-7-15/h4-5,10,14-15H,6-9,11-12,18H2,1-3H3. The molecule has 0 saturated carbocycles. The van der Waals surface area contributed by atoms with E-state index in [2.05, 4.69) is 44.0 Å². The second-order valence-corrected chi connectivity index (χ2v) is 6.25. The monoisotopic (exact) mass is 276 g/mol. The number of nitrogens with zero attached hydrogens (tertiary/aromatic N) is 1. The van der Waals surface area contributed by atoms with Gasteiger partial charge in [0.15, 0.2) is 0 Å². The summed E-state index contributed by atoms with van der Waals surface area (Å²) in [6.07, 6.45) is 3.30. The number of hydrogen-bond acceptors (Lipinski definition) is 3. The summed E-state index contributed by atoms with van der Waals surface area (Å²) in [6.45, 7) is 7.16. The zero-order valence-electron chi connectivity index (χ0n) is 13.1. The Labute approximate surface area is 123 Å². The van der Waals surface area contributed by atoms with Gasteiger partial charge in [0.25, 0.3) is 0 Å². The summed E-state index contributed by atoms with van der Waals surface area (Å²) in [5.41, 5.74) is 10.0. The lowest BCUT2D eigenvalue weighted by atomic mass is 9.98. The van der Waals surface area contributed by atoms with E-state index in [1.165, 1.54) is 29.7 Å². The van der Waals surface area contributed by atoms with Crippen molar-refractivity contribution in [3.8, 4) is 0 Å². The van der Waals surface area contributed by atoms with E-state index in [4.69, 9.17) is 10.5 Å². The minimum absolute atomic E-state index is 0.201. The quantitative estimate of drug-likeness (QED) is 0.898. The molecule has 1 atom stereocenters. The summed E-state index contributed by atoms with van der Waals surface area (Å²) in [5, 5.41) is 0. The van der Waals surface area contributed by atoms with Gasteiger partial charge < -0.3 is 15.4 Å². The number of hydrogen-bond donors (Lipinski definition) is 1. The summed E-state index contributed by atoms with van der Waals surface area (Å²) in [4.78, 5) is 2.40. The van der Waals surface area contributed by atoms with E-state index in [1.54, 1.807) is 0 Å². The normalized spacial score (nSPS) is 18.0. The summed E-state index contributed by atoms with van der Waals surface area (Å²) in [6, 6.07) is 6.92. The van der Waals surface area contributed by atoms with Gasteiger partial charge in [0.1, 0.15) is 0 Å². The molecule has 1 saturated heterocycles. The Balaban J connectivity index is 2.09. The summed E-state index contributed by atoms with van der Waals surface area (Å²) < 4.78 is 5.44. The van der Waals surface area contributed by atoms with Crippen LogP contribution in [0.2, 0.25) is 0 Å². The zero-order chi connectivity index (χ0) is 14.5. The van der Waals surface area contributed by atoms with Crippen LogP contribution in [0.1, 0.15) is 30.9 Å². The van der Waals surface area contributed by atoms with Gasteiger partial charge in [0, 0.05) is 38.5 Å². The molecule has 112 valence electrons. The molecule has 2 rings (SSSR count). The fraction of sp³-hybridized carbons (Fsp3) is 0.647. The molecule has 1 aromatic rings. The van der Waals surface area contributed by atoms with Gasteiger partial charge in [0.05, 0.1) is 0 Å². The van der Waals surface area contributed by atoms with Crippen molar-refractivity contribution in [1.29, 1.82) is 0 Å². The van der Waals surface area contributed by atoms with Crippen LogP contribution in [0.15, 0.2) is 18.2 Å². The second kappa shape index (κ2) is 7.09. The van der Waals surface area contributed by atoms with Crippen molar-refractivity contribution in [1.82, 2.24) is 0 Å². The average Bonchev–Trinajstić information content (AvgIpc) is 2.39. The van der Waals surface area contributed by atoms with Crippen LogP contribution < -0.4 is 10.6 Å². The number of anilines is 1. The number of benzene rings is 1. The number of aryl methyl sites for hydroxylation is 1. The van der Waals surface area contributed by atoms with Crippen LogP contribution in [0.4, 0.5) is 5.69 Å². The van der Waals surface area contributed by atoms with Gasteiger partial charge in [-0.25, -0.2) is 0 Å². The number of ether oxygens (including phenoxy) is 1. The van der Waals surface area contributed by atoms with Crippen LogP contribution in [-0.4, -0.2) is 32.8 Å². The molecule has 3 heteroatoms. The van der Waals surface area contributed by atoms with Gasteiger partial charge in [0.2, 0.25) is 0 Å². The molecular weight excluding hydrogens is 248 g/mol. The molecule has 1 aliphatic rings. The molecule has 1 aliphatic heterocycles.